The average Bonchev–Trinajstić information content (AvgIpc) is 2.43. The molecule has 3 N–H and O–H groups in total. The second kappa shape index (κ2) is 8.74. The van der Waals surface area contributed by atoms with Gasteiger partial charge < -0.3 is 16.0 Å². The van der Waals surface area contributed by atoms with E-state index < -0.39 is 0 Å². The zero-order chi connectivity index (χ0) is 15.8. The Labute approximate surface area is 132 Å². The van der Waals surface area contributed by atoms with Crippen molar-refractivity contribution in [1.29, 1.82) is 0 Å². The molecule has 1 aromatic rings. The molecule has 0 aliphatic carbocycles. The topological polar surface area (TPSA) is 58.4 Å². The number of hydrogen-bond donors (Lipinski definition) is 2. The molecule has 1 rings (SSSR count). The van der Waals surface area contributed by atoms with Crippen molar-refractivity contribution in [3.8, 4) is 0 Å². The van der Waals surface area contributed by atoms with E-state index >= 15 is 0 Å². The van der Waals surface area contributed by atoms with Gasteiger partial charge in [0.15, 0.2) is 0 Å². The maximum atomic E-state index is 11.9. The quantitative estimate of drug-likeness (QED) is 0.725. The molecule has 0 aromatic heterocycles. The van der Waals surface area contributed by atoms with Gasteiger partial charge in [-0.25, -0.2) is 0 Å². The van der Waals surface area contributed by atoms with Gasteiger partial charge in [-0.05, 0) is 45.5 Å². The molecule has 0 radical (unpaired) electrons. The number of benzene rings is 1. The maximum Gasteiger partial charge on any atom is 0.224 e. The molecule has 0 saturated heterocycles. The fraction of sp³-hybridized carbons (Fsp3) is 0.500. The summed E-state index contributed by atoms with van der Waals surface area (Å²) < 4.78 is 0. The zero-order valence-corrected chi connectivity index (χ0v) is 13.9. The number of carbonyl (C=O) groups is 1. The van der Waals surface area contributed by atoms with Crippen LogP contribution in [0.2, 0.25) is 0 Å². The minimum atomic E-state index is 0.0231. The number of carbonyl (C=O) groups excluding carboxylic acids is 1. The SMILES string of the molecule is CCN(CCCC(=O)Nc1cccc(C(N)=S)c1)C(C)C. The van der Waals surface area contributed by atoms with Crippen molar-refractivity contribution in [1.82, 2.24) is 4.90 Å². The van der Waals surface area contributed by atoms with E-state index in [1.807, 2.05) is 18.2 Å². The maximum absolute atomic E-state index is 11.9. The van der Waals surface area contributed by atoms with E-state index in [1.165, 1.54) is 0 Å². The first-order valence-corrected chi connectivity index (χ1v) is 7.78. The lowest BCUT2D eigenvalue weighted by molar-refractivity contribution is -0.116. The number of nitrogens with one attached hydrogen (secondary N) is 1. The van der Waals surface area contributed by atoms with E-state index in [-0.39, 0.29) is 5.91 Å². The van der Waals surface area contributed by atoms with Crippen LogP contribution in [0.4, 0.5) is 5.69 Å². The van der Waals surface area contributed by atoms with E-state index in [2.05, 4.69) is 31.0 Å². The third-order valence-electron chi connectivity index (χ3n) is 3.42. The van der Waals surface area contributed by atoms with Gasteiger partial charge in [-0.2, -0.15) is 0 Å². The Bertz CT molecular complexity index is 488. The number of nitrogens with two attached hydrogens (primary N) is 1. The predicted molar refractivity (Wildman–Crippen MR) is 92.6 cm³/mol. The van der Waals surface area contributed by atoms with Gasteiger partial charge in [0.25, 0.3) is 0 Å². The fourth-order valence-electron chi connectivity index (χ4n) is 2.20. The lowest BCUT2D eigenvalue weighted by atomic mass is 10.2. The molecule has 0 aliphatic heterocycles. The third-order valence-corrected chi connectivity index (χ3v) is 3.65. The average molecular weight is 307 g/mol. The van der Waals surface area contributed by atoms with E-state index in [4.69, 9.17) is 18.0 Å². The highest BCUT2D eigenvalue weighted by molar-refractivity contribution is 7.80. The summed E-state index contributed by atoms with van der Waals surface area (Å²) in [6.45, 7) is 8.43. The van der Waals surface area contributed by atoms with Crippen molar-refractivity contribution >= 4 is 28.8 Å². The van der Waals surface area contributed by atoms with Gasteiger partial charge in [-0.15, -0.1) is 0 Å². The molecule has 0 bridgehead atoms. The Morgan fingerprint density at radius 1 is 1.43 bits per heavy atom. The van der Waals surface area contributed by atoms with Crippen LogP contribution < -0.4 is 11.1 Å². The molecule has 116 valence electrons. The van der Waals surface area contributed by atoms with E-state index in [1.54, 1.807) is 6.07 Å². The van der Waals surface area contributed by atoms with Gasteiger partial charge in [0.05, 0.1) is 0 Å². The van der Waals surface area contributed by atoms with Crippen LogP contribution in [0.1, 0.15) is 39.2 Å². The van der Waals surface area contributed by atoms with Crippen LogP contribution in [0.3, 0.4) is 0 Å². The minimum absolute atomic E-state index is 0.0231. The first-order valence-electron chi connectivity index (χ1n) is 7.37. The van der Waals surface area contributed by atoms with Gasteiger partial charge in [0.1, 0.15) is 4.99 Å². The molecule has 5 heteroatoms. The van der Waals surface area contributed by atoms with Gasteiger partial charge >= 0.3 is 0 Å². The van der Waals surface area contributed by atoms with Gasteiger partial charge in [0.2, 0.25) is 5.91 Å². The van der Waals surface area contributed by atoms with Crippen LogP contribution in [0, 0.1) is 0 Å². The number of amides is 1. The molecule has 4 nitrogen and oxygen atoms in total. The van der Waals surface area contributed by atoms with E-state index in [0.29, 0.717) is 17.5 Å². The summed E-state index contributed by atoms with van der Waals surface area (Å²) in [4.78, 5) is 14.6. The highest BCUT2D eigenvalue weighted by Crippen LogP contribution is 2.11. The normalized spacial score (nSPS) is 10.9. The Balaban J connectivity index is 2.44. The Morgan fingerprint density at radius 3 is 2.71 bits per heavy atom. The molecule has 0 spiro atoms. The second-order valence-electron chi connectivity index (χ2n) is 5.32. The number of nitrogens with zero attached hydrogens (tertiary/aromatic N) is 1. The molecule has 0 fully saturated rings. The van der Waals surface area contributed by atoms with Crippen LogP contribution in [-0.4, -0.2) is 34.9 Å². The zero-order valence-electron chi connectivity index (χ0n) is 13.1. The Morgan fingerprint density at radius 2 is 2.14 bits per heavy atom. The Kier molecular flexibility index (Phi) is 7.32. The van der Waals surface area contributed by atoms with Crippen molar-refractivity contribution in [3.05, 3.63) is 29.8 Å². The molecular weight excluding hydrogens is 282 g/mol. The van der Waals surface area contributed by atoms with Crippen LogP contribution in [-0.2, 0) is 4.79 Å². The summed E-state index contributed by atoms with van der Waals surface area (Å²) in [6, 6.07) is 7.82. The highest BCUT2D eigenvalue weighted by atomic mass is 32.1. The molecule has 0 aliphatic rings. The molecule has 21 heavy (non-hydrogen) atoms. The van der Waals surface area contributed by atoms with Crippen LogP contribution in [0.15, 0.2) is 24.3 Å². The smallest absolute Gasteiger partial charge is 0.224 e. The van der Waals surface area contributed by atoms with Gasteiger partial charge in [0, 0.05) is 23.7 Å². The largest absolute Gasteiger partial charge is 0.389 e. The molecule has 0 saturated carbocycles. The van der Waals surface area contributed by atoms with Crippen molar-refractivity contribution in [3.63, 3.8) is 0 Å². The van der Waals surface area contributed by atoms with Crippen LogP contribution in [0.25, 0.3) is 0 Å². The minimum Gasteiger partial charge on any atom is -0.389 e. The predicted octanol–water partition coefficient (Wildman–Crippen LogP) is 2.77. The lowest BCUT2D eigenvalue weighted by Crippen LogP contribution is -2.32. The third kappa shape index (κ3) is 6.23. The van der Waals surface area contributed by atoms with Crippen molar-refractivity contribution in [2.24, 2.45) is 5.73 Å². The van der Waals surface area contributed by atoms with Crippen LogP contribution in [0.5, 0.6) is 0 Å². The van der Waals surface area contributed by atoms with Gasteiger partial charge in [-0.1, -0.05) is 31.3 Å². The molecule has 0 heterocycles. The first-order chi connectivity index (χ1) is 9.93. The number of thiocarbonyl (C=S) groups is 1. The molecule has 0 unspecified atom stereocenters. The van der Waals surface area contributed by atoms with Gasteiger partial charge in [-0.3, -0.25) is 4.79 Å². The standard InChI is InChI=1S/C16H25N3OS/c1-4-19(12(2)3)10-6-9-15(20)18-14-8-5-7-13(11-14)16(17)21/h5,7-8,11-12H,4,6,9-10H2,1-3H3,(H2,17,21)(H,18,20). The molecule has 1 amide bonds. The first kappa shape index (κ1) is 17.6. The summed E-state index contributed by atoms with van der Waals surface area (Å²) in [6.07, 6.45) is 1.37. The van der Waals surface area contributed by atoms with Crippen molar-refractivity contribution in [2.75, 3.05) is 18.4 Å². The van der Waals surface area contributed by atoms with E-state index in [0.717, 1.165) is 30.8 Å². The van der Waals surface area contributed by atoms with Crippen LogP contribution >= 0.6 is 12.2 Å². The summed E-state index contributed by atoms with van der Waals surface area (Å²) in [5.41, 5.74) is 7.08. The van der Waals surface area contributed by atoms with Crippen molar-refractivity contribution in [2.45, 2.75) is 39.7 Å². The number of hydrogen-bond acceptors (Lipinski definition) is 3. The summed E-state index contributed by atoms with van der Waals surface area (Å²) in [5.74, 6) is 0.0231. The molecular formula is C16H25N3OS. The summed E-state index contributed by atoms with van der Waals surface area (Å²) >= 11 is 4.93. The summed E-state index contributed by atoms with van der Waals surface area (Å²) in [7, 11) is 0. The molecule has 1 aromatic carbocycles. The highest BCUT2D eigenvalue weighted by Gasteiger charge is 2.08. The monoisotopic (exact) mass is 307 g/mol. The summed E-state index contributed by atoms with van der Waals surface area (Å²) in [5, 5.41) is 2.89. The lowest BCUT2D eigenvalue weighted by Gasteiger charge is -2.24. The molecule has 0 atom stereocenters. The number of anilines is 1. The number of rotatable bonds is 8. The fourth-order valence-corrected chi connectivity index (χ4v) is 2.32. The Hall–Kier alpha value is -1.46. The second-order valence-corrected chi connectivity index (χ2v) is 5.76. The van der Waals surface area contributed by atoms with Crippen molar-refractivity contribution < 1.29 is 4.79 Å². The van der Waals surface area contributed by atoms with E-state index in [9.17, 15) is 4.79 Å².